The Hall–Kier alpha value is -4.51. The molecule has 180 valence electrons. The van der Waals surface area contributed by atoms with Gasteiger partial charge in [0.1, 0.15) is 11.4 Å². The second kappa shape index (κ2) is 10.0. The van der Waals surface area contributed by atoms with Crippen LogP contribution in [0.15, 0.2) is 71.2 Å². The Morgan fingerprint density at radius 1 is 1.00 bits per heavy atom. The molecule has 0 saturated carbocycles. The van der Waals surface area contributed by atoms with Gasteiger partial charge in [-0.2, -0.15) is 0 Å². The van der Waals surface area contributed by atoms with Crippen LogP contribution < -0.4 is 15.4 Å². The molecule has 4 N–H and O–H groups in total. The van der Waals surface area contributed by atoms with Crippen molar-refractivity contribution in [3.05, 3.63) is 82.5 Å². The van der Waals surface area contributed by atoms with E-state index in [9.17, 15) is 9.59 Å². The minimum atomic E-state index is -0.349. The first-order valence-corrected chi connectivity index (χ1v) is 11.7. The van der Waals surface area contributed by atoms with Crippen LogP contribution in [0.5, 0.6) is 5.75 Å². The third-order valence-electron chi connectivity index (χ3n) is 5.53. The predicted octanol–water partition coefficient (Wildman–Crippen LogP) is 4.55. The number of aromatic amines is 2. The third kappa shape index (κ3) is 4.96. The number of aromatic nitrogens is 5. The Morgan fingerprint density at radius 3 is 2.58 bits per heavy atom. The van der Waals surface area contributed by atoms with E-state index in [0.717, 1.165) is 21.2 Å². The van der Waals surface area contributed by atoms with Gasteiger partial charge in [-0.05, 0) is 58.5 Å². The fourth-order valence-corrected chi connectivity index (χ4v) is 4.15. The summed E-state index contributed by atoms with van der Waals surface area (Å²) in [6.07, 6.45) is 0.206. The highest BCUT2D eigenvalue weighted by atomic mass is 79.9. The number of rotatable bonds is 7. The Morgan fingerprint density at radius 2 is 1.83 bits per heavy atom. The second-order valence-electron chi connectivity index (χ2n) is 7.92. The minimum Gasteiger partial charge on any atom is -0.497 e. The lowest BCUT2D eigenvalue weighted by Crippen LogP contribution is -2.15. The third-order valence-corrected chi connectivity index (χ3v) is 6.02. The van der Waals surface area contributed by atoms with E-state index >= 15 is 0 Å². The number of para-hydroxylation sites is 1. The number of methoxy groups -OCH3 is 1. The lowest BCUT2D eigenvalue weighted by molar-refractivity contribution is -0.115. The van der Waals surface area contributed by atoms with Crippen molar-refractivity contribution in [3.63, 3.8) is 0 Å². The number of fused-ring (bicyclic) bond motifs is 1. The summed E-state index contributed by atoms with van der Waals surface area (Å²) < 4.78 is 5.97. The molecule has 0 radical (unpaired) electrons. The van der Waals surface area contributed by atoms with Gasteiger partial charge in [-0.1, -0.05) is 40.2 Å². The molecule has 5 aromatic rings. The first-order valence-electron chi connectivity index (χ1n) is 10.9. The lowest BCUT2D eigenvalue weighted by Gasteiger charge is -2.09. The van der Waals surface area contributed by atoms with Gasteiger partial charge >= 0.3 is 0 Å². The molecule has 0 atom stereocenters. The van der Waals surface area contributed by atoms with Gasteiger partial charge in [0.15, 0.2) is 5.82 Å². The van der Waals surface area contributed by atoms with E-state index in [1.165, 1.54) is 0 Å². The normalized spacial score (nSPS) is 10.8. The molecule has 0 aliphatic carbocycles. The van der Waals surface area contributed by atoms with Gasteiger partial charge in [0.05, 0.1) is 30.4 Å². The smallest absolute Gasteiger partial charge is 0.272 e. The van der Waals surface area contributed by atoms with Crippen LogP contribution in [0, 0.1) is 0 Å². The molecule has 0 saturated heterocycles. The van der Waals surface area contributed by atoms with Gasteiger partial charge in [-0.3, -0.25) is 9.59 Å². The largest absolute Gasteiger partial charge is 0.497 e. The van der Waals surface area contributed by atoms with Gasteiger partial charge in [-0.25, -0.2) is 5.10 Å². The molecule has 0 aliphatic heterocycles. The van der Waals surface area contributed by atoms with Crippen LogP contribution in [0.1, 0.15) is 16.1 Å². The summed E-state index contributed by atoms with van der Waals surface area (Å²) in [6.45, 7) is 0. The monoisotopic (exact) mass is 545 g/mol. The van der Waals surface area contributed by atoms with Crippen LogP contribution in [-0.2, 0) is 11.2 Å². The van der Waals surface area contributed by atoms with Crippen molar-refractivity contribution in [1.29, 1.82) is 0 Å². The number of anilines is 2. The van der Waals surface area contributed by atoms with Crippen LogP contribution in [0.3, 0.4) is 0 Å². The molecule has 2 amide bonds. The maximum absolute atomic E-state index is 13.1. The first-order chi connectivity index (χ1) is 17.5. The van der Waals surface area contributed by atoms with Crippen molar-refractivity contribution in [2.24, 2.45) is 0 Å². The summed E-state index contributed by atoms with van der Waals surface area (Å²) >= 11 is 3.43. The predicted molar refractivity (Wildman–Crippen MR) is 139 cm³/mol. The van der Waals surface area contributed by atoms with Crippen LogP contribution in [0.2, 0.25) is 0 Å². The van der Waals surface area contributed by atoms with Crippen LogP contribution in [0.25, 0.3) is 22.3 Å². The molecule has 2 heterocycles. The number of tetrazole rings is 1. The number of carbonyl (C=O) groups is 2. The SMILES string of the molecule is COc1ccc(CC(=O)Nc2cccc3cc(C(=O)Nc4ccc(Br)cc4-c4nnn[nH]4)[nH]c23)cc1. The van der Waals surface area contributed by atoms with E-state index in [4.69, 9.17) is 4.74 Å². The molecule has 0 fully saturated rings. The van der Waals surface area contributed by atoms with Crippen molar-refractivity contribution in [2.45, 2.75) is 6.42 Å². The second-order valence-corrected chi connectivity index (χ2v) is 8.84. The first kappa shape index (κ1) is 23.2. The molecule has 0 aliphatic rings. The summed E-state index contributed by atoms with van der Waals surface area (Å²) in [5.74, 6) is 0.630. The molecule has 3 aromatic carbocycles. The van der Waals surface area contributed by atoms with Crippen molar-refractivity contribution >= 4 is 50.0 Å². The molecular formula is C25H20BrN7O3. The van der Waals surface area contributed by atoms with Gasteiger partial charge in [0.2, 0.25) is 5.91 Å². The average molecular weight is 546 g/mol. The number of hydrogen-bond donors (Lipinski definition) is 4. The number of halogens is 1. The molecule has 10 nitrogen and oxygen atoms in total. The molecule has 0 unspecified atom stereocenters. The molecule has 0 bridgehead atoms. The highest BCUT2D eigenvalue weighted by Crippen LogP contribution is 2.29. The summed E-state index contributed by atoms with van der Waals surface area (Å²) in [5, 5.41) is 20.5. The Balaban J connectivity index is 1.35. The van der Waals surface area contributed by atoms with E-state index < -0.39 is 0 Å². The molecule has 36 heavy (non-hydrogen) atoms. The summed E-state index contributed by atoms with van der Waals surface area (Å²) in [6, 6.07) is 19.9. The zero-order valence-corrected chi connectivity index (χ0v) is 20.6. The van der Waals surface area contributed by atoms with Gasteiger partial charge in [0, 0.05) is 15.4 Å². The van der Waals surface area contributed by atoms with Crippen molar-refractivity contribution in [1.82, 2.24) is 25.6 Å². The average Bonchev–Trinajstić information content (AvgIpc) is 3.56. The number of carbonyl (C=O) groups excluding carboxylic acids is 2. The molecule has 5 rings (SSSR count). The topological polar surface area (TPSA) is 138 Å². The number of hydrogen-bond acceptors (Lipinski definition) is 6. The zero-order chi connectivity index (χ0) is 25.1. The highest BCUT2D eigenvalue weighted by molar-refractivity contribution is 9.10. The Labute approximate surface area is 213 Å². The summed E-state index contributed by atoms with van der Waals surface area (Å²) in [7, 11) is 1.60. The van der Waals surface area contributed by atoms with Crippen LogP contribution >= 0.6 is 15.9 Å². The van der Waals surface area contributed by atoms with Gasteiger partial charge in [-0.15, -0.1) is 5.10 Å². The number of nitrogens with one attached hydrogen (secondary N) is 4. The highest BCUT2D eigenvalue weighted by Gasteiger charge is 2.16. The van der Waals surface area contributed by atoms with Crippen LogP contribution in [-0.4, -0.2) is 44.5 Å². The number of amides is 2. The lowest BCUT2D eigenvalue weighted by atomic mass is 10.1. The molecule has 0 spiro atoms. The zero-order valence-electron chi connectivity index (χ0n) is 19.0. The Bertz CT molecular complexity index is 1550. The van der Waals surface area contributed by atoms with Crippen molar-refractivity contribution in [2.75, 3.05) is 17.7 Å². The fraction of sp³-hybridized carbons (Fsp3) is 0.0800. The quantitative estimate of drug-likeness (QED) is 0.236. The number of H-pyrrole nitrogens is 2. The number of benzene rings is 3. The molecule has 2 aromatic heterocycles. The van der Waals surface area contributed by atoms with Crippen molar-refractivity contribution in [3.8, 4) is 17.1 Å². The van der Waals surface area contributed by atoms with Gasteiger partial charge in [0.25, 0.3) is 5.91 Å². The minimum absolute atomic E-state index is 0.173. The summed E-state index contributed by atoms with van der Waals surface area (Å²) in [4.78, 5) is 28.9. The number of nitrogens with zero attached hydrogens (tertiary/aromatic N) is 3. The Kier molecular flexibility index (Phi) is 6.46. The maximum atomic E-state index is 13.1. The molecular weight excluding hydrogens is 526 g/mol. The standard InChI is InChI=1S/C25H20BrN7O3/c1-36-17-8-5-14(6-9-17)11-22(34)27-20-4-2-3-15-12-21(28-23(15)20)25(35)29-19-10-7-16(26)13-18(19)24-30-32-33-31-24/h2-10,12-13,28H,11H2,1H3,(H,27,34)(H,29,35)(H,30,31,32,33). The summed E-state index contributed by atoms with van der Waals surface area (Å²) in [5.41, 5.74) is 3.60. The fourth-order valence-electron chi connectivity index (χ4n) is 3.79. The van der Waals surface area contributed by atoms with Crippen molar-refractivity contribution < 1.29 is 14.3 Å². The van der Waals surface area contributed by atoms with Gasteiger partial charge < -0.3 is 20.4 Å². The molecule has 11 heteroatoms. The van der Waals surface area contributed by atoms with E-state index in [1.807, 2.05) is 42.5 Å². The van der Waals surface area contributed by atoms with Crippen LogP contribution in [0.4, 0.5) is 11.4 Å². The van der Waals surface area contributed by atoms with E-state index in [1.54, 1.807) is 31.4 Å². The number of ether oxygens (including phenoxy) is 1. The van der Waals surface area contributed by atoms with E-state index in [-0.39, 0.29) is 18.2 Å². The van der Waals surface area contributed by atoms with E-state index in [2.05, 4.69) is 52.2 Å². The van der Waals surface area contributed by atoms with E-state index in [0.29, 0.717) is 34.0 Å². The maximum Gasteiger partial charge on any atom is 0.272 e.